The van der Waals surface area contributed by atoms with Crippen LogP contribution >= 0.6 is 0 Å². The van der Waals surface area contributed by atoms with Crippen LogP contribution in [0, 0.1) is 24.7 Å². The molecule has 0 bridgehead atoms. The van der Waals surface area contributed by atoms with Crippen molar-refractivity contribution < 1.29 is 27.5 Å². The summed E-state index contributed by atoms with van der Waals surface area (Å²) in [5.74, 6) is -2.16. The summed E-state index contributed by atoms with van der Waals surface area (Å²) in [4.78, 5) is 24.6. The first-order chi connectivity index (χ1) is 11.8. The lowest BCUT2D eigenvalue weighted by atomic mass is 9.73. The van der Waals surface area contributed by atoms with E-state index in [0.717, 1.165) is 6.07 Å². The highest BCUT2D eigenvalue weighted by Gasteiger charge is 2.43. The van der Waals surface area contributed by atoms with Crippen molar-refractivity contribution in [3.8, 4) is 0 Å². The molecule has 3 atom stereocenters. The normalized spacial score (nSPS) is 25.9. The number of esters is 1. The average molecular weight is 353 g/mol. The number of amides is 1. The van der Waals surface area contributed by atoms with Crippen LogP contribution in [0.2, 0.25) is 0 Å². The highest BCUT2D eigenvalue weighted by atomic mass is 19.4. The van der Waals surface area contributed by atoms with Gasteiger partial charge in [0.1, 0.15) is 0 Å². The number of aryl methyl sites for hydroxylation is 1. The quantitative estimate of drug-likeness (QED) is 0.651. The maximum atomic E-state index is 13.0. The smallest absolute Gasteiger partial charge is 0.416 e. The molecule has 1 aliphatic carbocycles. The van der Waals surface area contributed by atoms with Gasteiger partial charge >= 0.3 is 12.1 Å². The fraction of sp³-hybridized carbons (Fsp3) is 0.444. The number of rotatable bonds is 2. The van der Waals surface area contributed by atoms with E-state index in [1.165, 1.54) is 19.1 Å². The summed E-state index contributed by atoms with van der Waals surface area (Å²) in [6.45, 7) is 1.69. The number of anilines is 1. The third kappa shape index (κ3) is 3.55. The molecule has 0 aromatic heterocycles. The third-order valence-electron chi connectivity index (χ3n) is 4.78. The highest BCUT2D eigenvalue weighted by molar-refractivity contribution is 5.96. The van der Waals surface area contributed by atoms with Crippen LogP contribution in [0.15, 0.2) is 30.4 Å². The SMILES string of the molecule is Cc1ccc(NC(=O)[C@@H]2CC=C[C@@H]3CCOC(=O)[C@@H]32)cc1C(F)(F)F. The molecule has 0 radical (unpaired) electrons. The Bertz CT molecular complexity index is 727. The third-order valence-corrected chi connectivity index (χ3v) is 4.78. The van der Waals surface area contributed by atoms with Gasteiger partial charge in [0, 0.05) is 5.69 Å². The van der Waals surface area contributed by atoms with Gasteiger partial charge in [0.25, 0.3) is 0 Å². The van der Waals surface area contributed by atoms with Gasteiger partial charge in [-0.1, -0.05) is 18.2 Å². The van der Waals surface area contributed by atoms with Gasteiger partial charge in [-0.25, -0.2) is 0 Å². The minimum absolute atomic E-state index is 0.0606. The number of cyclic esters (lactones) is 1. The Morgan fingerprint density at radius 2 is 2.08 bits per heavy atom. The van der Waals surface area contributed by atoms with Crippen LogP contribution in [0.3, 0.4) is 0 Å². The molecular weight excluding hydrogens is 335 g/mol. The largest absolute Gasteiger partial charge is 0.465 e. The van der Waals surface area contributed by atoms with E-state index in [1.807, 2.05) is 12.2 Å². The van der Waals surface area contributed by atoms with Crippen LogP contribution < -0.4 is 5.32 Å². The van der Waals surface area contributed by atoms with E-state index in [2.05, 4.69) is 5.32 Å². The van der Waals surface area contributed by atoms with Crippen LogP contribution in [0.25, 0.3) is 0 Å². The fourth-order valence-electron chi connectivity index (χ4n) is 3.48. The number of fused-ring (bicyclic) bond motifs is 1. The second kappa shape index (κ2) is 6.54. The van der Waals surface area contributed by atoms with Crippen molar-refractivity contribution in [1.29, 1.82) is 0 Å². The van der Waals surface area contributed by atoms with Crippen molar-refractivity contribution in [2.75, 3.05) is 11.9 Å². The topological polar surface area (TPSA) is 55.4 Å². The summed E-state index contributed by atoms with van der Waals surface area (Å²) >= 11 is 0. The summed E-state index contributed by atoms with van der Waals surface area (Å²) in [7, 11) is 0. The zero-order valence-electron chi connectivity index (χ0n) is 13.6. The molecule has 1 aromatic rings. The first-order valence-corrected chi connectivity index (χ1v) is 8.09. The van der Waals surface area contributed by atoms with Gasteiger partial charge < -0.3 is 10.1 Å². The maximum absolute atomic E-state index is 13.0. The molecule has 1 aromatic carbocycles. The predicted molar refractivity (Wildman–Crippen MR) is 84.6 cm³/mol. The standard InChI is InChI=1S/C18H18F3NO3/c1-10-5-6-12(9-14(10)18(19,20)21)22-16(23)13-4-2-3-11-7-8-25-17(24)15(11)13/h2-3,5-6,9,11,13,15H,4,7-8H2,1H3,(H,22,23)/t11-,13-,15+/m1/s1. The van der Waals surface area contributed by atoms with Crippen molar-refractivity contribution in [2.45, 2.75) is 25.9 Å². The number of carbonyl (C=O) groups excluding carboxylic acids is 2. The minimum atomic E-state index is -4.49. The number of hydrogen-bond acceptors (Lipinski definition) is 3. The molecule has 1 aliphatic heterocycles. The van der Waals surface area contributed by atoms with Crippen LogP contribution in [-0.2, 0) is 20.5 Å². The number of benzene rings is 1. The number of nitrogens with one attached hydrogen (secondary N) is 1. The summed E-state index contributed by atoms with van der Waals surface area (Å²) in [5, 5.41) is 2.52. The molecule has 1 heterocycles. The van der Waals surface area contributed by atoms with Crippen molar-refractivity contribution in [1.82, 2.24) is 0 Å². The van der Waals surface area contributed by atoms with E-state index in [1.54, 1.807) is 0 Å². The Morgan fingerprint density at radius 3 is 2.80 bits per heavy atom. The lowest BCUT2D eigenvalue weighted by Gasteiger charge is -2.35. The minimum Gasteiger partial charge on any atom is -0.465 e. The van der Waals surface area contributed by atoms with Crippen LogP contribution in [0.4, 0.5) is 18.9 Å². The zero-order chi connectivity index (χ0) is 18.2. The van der Waals surface area contributed by atoms with Crippen LogP contribution in [0.5, 0.6) is 0 Å². The molecule has 134 valence electrons. The van der Waals surface area contributed by atoms with Gasteiger partial charge in [0.15, 0.2) is 0 Å². The molecule has 3 rings (SSSR count). The molecule has 1 fully saturated rings. The molecule has 0 spiro atoms. The molecule has 25 heavy (non-hydrogen) atoms. The number of allylic oxidation sites excluding steroid dienone is 2. The molecule has 1 saturated heterocycles. The van der Waals surface area contributed by atoms with E-state index in [4.69, 9.17) is 4.74 Å². The number of hydrogen-bond donors (Lipinski definition) is 1. The van der Waals surface area contributed by atoms with Gasteiger partial charge in [0.05, 0.1) is 24.0 Å². The Morgan fingerprint density at radius 1 is 1.32 bits per heavy atom. The van der Waals surface area contributed by atoms with E-state index in [9.17, 15) is 22.8 Å². The maximum Gasteiger partial charge on any atom is 0.416 e. The van der Waals surface area contributed by atoms with Crippen molar-refractivity contribution in [3.63, 3.8) is 0 Å². The number of carbonyl (C=O) groups is 2. The highest BCUT2D eigenvalue weighted by Crippen LogP contribution is 2.37. The summed E-state index contributed by atoms with van der Waals surface area (Å²) in [6.07, 6.45) is 0.291. The average Bonchev–Trinajstić information content (AvgIpc) is 2.55. The van der Waals surface area contributed by atoms with Gasteiger partial charge in [-0.05, 0) is 43.4 Å². The number of ether oxygens (including phenoxy) is 1. The lowest BCUT2D eigenvalue weighted by molar-refractivity contribution is -0.160. The monoisotopic (exact) mass is 353 g/mol. The molecule has 0 unspecified atom stereocenters. The Hall–Kier alpha value is -2.31. The Kier molecular flexibility index (Phi) is 4.58. The van der Waals surface area contributed by atoms with Gasteiger partial charge in [-0.3, -0.25) is 9.59 Å². The van der Waals surface area contributed by atoms with Gasteiger partial charge in [0.2, 0.25) is 5.91 Å². The first-order valence-electron chi connectivity index (χ1n) is 8.09. The van der Waals surface area contributed by atoms with E-state index < -0.39 is 35.5 Å². The number of halogens is 3. The molecule has 4 nitrogen and oxygen atoms in total. The van der Waals surface area contributed by atoms with Crippen LogP contribution in [-0.4, -0.2) is 18.5 Å². The lowest BCUT2D eigenvalue weighted by Crippen LogP contribution is -2.43. The summed E-state index contributed by atoms with van der Waals surface area (Å²) in [5.41, 5.74) is -0.635. The Labute approximate surface area is 143 Å². The molecule has 2 aliphatic rings. The van der Waals surface area contributed by atoms with Crippen LogP contribution in [0.1, 0.15) is 24.0 Å². The van der Waals surface area contributed by atoms with Crippen molar-refractivity contribution in [2.24, 2.45) is 17.8 Å². The molecule has 0 saturated carbocycles. The van der Waals surface area contributed by atoms with E-state index in [0.29, 0.717) is 19.4 Å². The Balaban J connectivity index is 1.80. The first kappa shape index (κ1) is 17.5. The summed E-state index contributed by atoms with van der Waals surface area (Å²) in [6, 6.07) is 3.66. The molecule has 1 amide bonds. The van der Waals surface area contributed by atoms with Crippen molar-refractivity contribution in [3.05, 3.63) is 41.5 Å². The molecule has 1 N–H and O–H groups in total. The zero-order valence-corrected chi connectivity index (χ0v) is 13.6. The fourth-order valence-corrected chi connectivity index (χ4v) is 3.48. The van der Waals surface area contributed by atoms with Crippen molar-refractivity contribution >= 4 is 17.6 Å². The van der Waals surface area contributed by atoms with E-state index >= 15 is 0 Å². The second-order valence-electron chi connectivity index (χ2n) is 6.43. The second-order valence-corrected chi connectivity index (χ2v) is 6.43. The van der Waals surface area contributed by atoms with Gasteiger partial charge in [-0.2, -0.15) is 13.2 Å². The molecular formula is C18H18F3NO3. The summed E-state index contributed by atoms with van der Waals surface area (Å²) < 4.78 is 44.1. The predicted octanol–water partition coefficient (Wildman–Crippen LogP) is 3.71. The van der Waals surface area contributed by atoms with E-state index in [-0.39, 0.29) is 17.2 Å². The molecule has 7 heteroatoms. The van der Waals surface area contributed by atoms with Gasteiger partial charge in [-0.15, -0.1) is 0 Å². The number of alkyl halides is 3.